The summed E-state index contributed by atoms with van der Waals surface area (Å²) in [5.74, 6) is -1.22. The zero-order chi connectivity index (χ0) is 23.0. The van der Waals surface area contributed by atoms with E-state index < -0.39 is 35.5 Å². The number of aliphatic hydroxyl groups excluding tert-OH is 1. The minimum atomic E-state index is -1.01. The SMILES string of the molecule is COc1cccc(CNC[C@H](O)[C@@H](Cc2ccc(F)c(F)c2)NC(=O)OC(C)(C)C)c1. The largest absolute Gasteiger partial charge is 0.497 e. The van der Waals surface area contributed by atoms with E-state index in [1.54, 1.807) is 27.9 Å². The number of ether oxygens (including phenoxy) is 2. The summed E-state index contributed by atoms with van der Waals surface area (Å²) < 4.78 is 37.3. The fraction of sp³-hybridized carbons (Fsp3) is 0.435. The maximum atomic E-state index is 13.6. The van der Waals surface area contributed by atoms with E-state index in [0.29, 0.717) is 12.1 Å². The van der Waals surface area contributed by atoms with Crippen molar-refractivity contribution in [3.63, 3.8) is 0 Å². The molecule has 0 bridgehead atoms. The summed E-state index contributed by atoms with van der Waals surface area (Å²) in [5, 5.41) is 16.5. The fourth-order valence-corrected chi connectivity index (χ4v) is 2.95. The molecule has 8 heteroatoms. The van der Waals surface area contributed by atoms with E-state index in [-0.39, 0.29) is 13.0 Å². The highest BCUT2D eigenvalue weighted by molar-refractivity contribution is 5.68. The van der Waals surface area contributed by atoms with Crippen LogP contribution in [0.5, 0.6) is 5.75 Å². The zero-order valence-electron chi connectivity index (χ0n) is 18.2. The molecule has 1 amide bonds. The molecule has 0 radical (unpaired) electrons. The Morgan fingerprint density at radius 1 is 1.10 bits per heavy atom. The molecule has 0 aliphatic rings. The van der Waals surface area contributed by atoms with Gasteiger partial charge in [0.05, 0.1) is 19.3 Å². The Labute approximate surface area is 181 Å². The third-order valence-electron chi connectivity index (χ3n) is 4.42. The number of methoxy groups -OCH3 is 1. The predicted octanol–water partition coefficient (Wildman–Crippen LogP) is 3.56. The van der Waals surface area contributed by atoms with Gasteiger partial charge in [-0.2, -0.15) is 0 Å². The van der Waals surface area contributed by atoms with Crippen molar-refractivity contribution in [3.05, 3.63) is 65.2 Å². The van der Waals surface area contributed by atoms with Crippen LogP contribution < -0.4 is 15.4 Å². The summed E-state index contributed by atoms with van der Waals surface area (Å²) in [7, 11) is 1.58. The topological polar surface area (TPSA) is 79.8 Å². The standard InChI is InChI=1S/C23H30F2N2O4/c1-23(2,3)31-22(29)27-20(12-15-8-9-18(24)19(25)11-15)21(28)14-26-13-16-6-5-7-17(10-16)30-4/h5-11,20-21,26,28H,12-14H2,1-4H3,(H,27,29)/t20-,21+/m1/s1. The lowest BCUT2D eigenvalue weighted by Gasteiger charge is -2.27. The summed E-state index contributed by atoms with van der Waals surface area (Å²) >= 11 is 0. The van der Waals surface area contributed by atoms with Crippen LogP contribution in [0.3, 0.4) is 0 Å². The molecule has 0 fully saturated rings. The second-order valence-corrected chi connectivity index (χ2v) is 8.26. The Hall–Kier alpha value is -2.71. The summed E-state index contributed by atoms with van der Waals surface area (Å²) in [5.41, 5.74) is 0.683. The molecule has 0 saturated carbocycles. The van der Waals surface area contributed by atoms with Crippen LogP contribution in [0.2, 0.25) is 0 Å². The number of amides is 1. The van der Waals surface area contributed by atoms with Crippen molar-refractivity contribution in [1.82, 2.24) is 10.6 Å². The van der Waals surface area contributed by atoms with Gasteiger partial charge in [0.25, 0.3) is 0 Å². The maximum Gasteiger partial charge on any atom is 0.407 e. The van der Waals surface area contributed by atoms with Crippen molar-refractivity contribution >= 4 is 6.09 Å². The van der Waals surface area contributed by atoms with Crippen molar-refractivity contribution < 1.29 is 28.2 Å². The summed E-state index contributed by atoms with van der Waals surface area (Å²) in [6.45, 7) is 5.80. The van der Waals surface area contributed by atoms with Gasteiger partial charge >= 0.3 is 6.09 Å². The monoisotopic (exact) mass is 436 g/mol. The molecule has 0 aliphatic heterocycles. The van der Waals surface area contributed by atoms with Crippen LogP contribution in [0.4, 0.5) is 13.6 Å². The molecule has 0 aromatic heterocycles. The minimum Gasteiger partial charge on any atom is -0.497 e. The lowest BCUT2D eigenvalue weighted by molar-refractivity contribution is 0.0422. The van der Waals surface area contributed by atoms with Gasteiger partial charge in [0.1, 0.15) is 11.4 Å². The first kappa shape index (κ1) is 24.6. The maximum absolute atomic E-state index is 13.6. The van der Waals surface area contributed by atoms with E-state index in [2.05, 4.69) is 10.6 Å². The molecule has 2 rings (SSSR count). The third kappa shape index (κ3) is 8.51. The van der Waals surface area contributed by atoms with Crippen LogP contribution in [0.1, 0.15) is 31.9 Å². The number of carbonyl (C=O) groups is 1. The van der Waals surface area contributed by atoms with Crippen LogP contribution in [-0.4, -0.2) is 42.6 Å². The number of hydrogen-bond acceptors (Lipinski definition) is 5. The number of carbonyl (C=O) groups excluding carboxylic acids is 1. The van der Waals surface area contributed by atoms with E-state index in [9.17, 15) is 18.7 Å². The highest BCUT2D eigenvalue weighted by Gasteiger charge is 2.25. The molecule has 31 heavy (non-hydrogen) atoms. The average Bonchev–Trinajstić information content (AvgIpc) is 2.69. The second-order valence-electron chi connectivity index (χ2n) is 8.26. The molecule has 3 N–H and O–H groups in total. The summed E-state index contributed by atoms with van der Waals surface area (Å²) in [4.78, 5) is 12.2. The fourth-order valence-electron chi connectivity index (χ4n) is 2.95. The minimum absolute atomic E-state index is 0.0957. The molecule has 0 spiro atoms. The van der Waals surface area contributed by atoms with Gasteiger partial charge in [-0.1, -0.05) is 18.2 Å². The highest BCUT2D eigenvalue weighted by atomic mass is 19.2. The van der Waals surface area contributed by atoms with E-state index in [1.165, 1.54) is 6.07 Å². The predicted molar refractivity (Wildman–Crippen MR) is 114 cm³/mol. The van der Waals surface area contributed by atoms with Gasteiger partial charge in [0, 0.05) is 13.1 Å². The number of benzene rings is 2. The molecule has 2 atom stereocenters. The van der Waals surface area contributed by atoms with Crippen LogP contribution in [0.25, 0.3) is 0 Å². The van der Waals surface area contributed by atoms with E-state index in [1.807, 2.05) is 24.3 Å². The normalized spacial score (nSPS) is 13.4. The van der Waals surface area contributed by atoms with Crippen molar-refractivity contribution in [2.45, 2.75) is 51.5 Å². The van der Waals surface area contributed by atoms with E-state index in [4.69, 9.17) is 9.47 Å². The van der Waals surface area contributed by atoms with Gasteiger partial charge in [-0.05, 0) is 62.6 Å². The quantitative estimate of drug-likeness (QED) is 0.560. The molecular formula is C23H30F2N2O4. The number of hydrogen-bond donors (Lipinski definition) is 3. The Bertz CT molecular complexity index is 871. The van der Waals surface area contributed by atoms with Crippen molar-refractivity contribution in [1.29, 1.82) is 0 Å². The Balaban J connectivity index is 2.04. The third-order valence-corrected chi connectivity index (χ3v) is 4.42. The molecule has 6 nitrogen and oxygen atoms in total. The summed E-state index contributed by atoms with van der Waals surface area (Å²) in [6.07, 6.45) is -1.61. The molecule has 0 unspecified atom stereocenters. The number of halogens is 2. The second kappa shape index (κ2) is 11.1. The Kier molecular flexibility index (Phi) is 8.76. The summed E-state index contributed by atoms with van der Waals surface area (Å²) in [6, 6.07) is 10.2. The van der Waals surface area contributed by atoms with Crippen molar-refractivity contribution in [3.8, 4) is 5.75 Å². The smallest absolute Gasteiger partial charge is 0.407 e. The Morgan fingerprint density at radius 3 is 2.48 bits per heavy atom. The van der Waals surface area contributed by atoms with Gasteiger partial charge in [0.15, 0.2) is 11.6 Å². The number of aliphatic hydroxyl groups is 1. The highest BCUT2D eigenvalue weighted by Crippen LogP contribution is 2.14. The number of alkyl carbamates (subject to hydrolysis) is 1. The van der Waals surface area contributed by atoms with Crippen LogP contribution in [0.15, 0.2) is 42.5 Å². The van der Waals surface area contributed by atoms with E-state index >= 15 is 0 Å². The van der Waals surface area contributed by atoms with Gasteiger partial charge < -0.3 is 25.2 Å². The number of nitrogens with one attached hydrogen (secondary N) is 2. The molecule has 0 aliphatic carbocycles. The molecule has 170 valence electrons. The molecular weight excluding hydrogens is 406 g/mol. The van der Waals surface area contributed by atoms with Gasteiger partial charge in [-0.3, -0.25) is 0 Å². The van der Waals surface area contributed by atoms with Crippen molar-refractivity contribution in [2.24, 2.45) is 0 Å². The first-order valence-electron chi connectivity index (χ1n) is 10.0. The van der Waals surface area contributed by atoms with Gasteiger partial charge in [-0.15, -0.1) is 0 Å². The van der Waals surface area contributed by atoms with Crippen LogP contribution in [-0.2, 0) is 17.7 Å². The zero-order valence-corrected chi connectivity index (χ0v) is 18.2. The molecule has 2 aromatic rings. The first-order valence-corrected chi connectivity index (χ1v) is 10.0. The molecule has 2 aromatic carbocycles. The van der Waals surface area contributed by atoms with Crippen molar-refractivity contribution in [2.75, 3.05) is 13.7 Å². The lowest BCUT2D eigenvalue weighted by Crippen LogP contribution is -2.49. The molecule has 0 saturated heterocycles. The Morgan fingerprint density at radius 2 is 1.84 bits per heavy atom. The van der Waals surface area contributed by atoms with E-state index in [0.717, 1.165) is 23.4 Å². The molecule has 0 heterocycles. The number of rotatable bonds is 9. The van der Waals surface area contributed by atoms with Gasteiger partial charge in [-0.25, -0.2) is 13.6 Å². The van der Waals surface area contributed by atoms with Crippen LogP contribution >= 0.6 is 0 Å². The van der Waals surface area contributed by atoms with Crippen LogP contribution in [0, 0.1) is 11.6 Å². The van der Waals surface area contributed by atoms with Gasteiger partial charge in [0.2, 0.25) is 0 Å². The average molecular weight is 436 g/mol. The lowest BCUT2D eigenvalue weighted by atomic mass is 10.0. The first-order chi connectivity index (χ1) is 14.6.